The van der Waals surface area contributed by atoms with Crippen molar-refractivity contribution < 1.29 is 13.2 Å². The molecule has 1 fully saturated rings. The highest BCUT2D eigenvalue weighted by molar-refractivity contribution is 7.93. The van der Waals surface area contributed by atoms with E-state index in [1.807, 2.05) is 12.1 Å². The Bertz CT molecular complexity index is 617. The number of ketones is 1. The first kappa shape index (κ1) is 16.2. The molecular weight excluding hydrogens is 284 g/mol. The van der Waals surface area contributed by atoms with Crippen LogP contribution >= 0.6 is 0 Å². The maximum absolute atomic E-state index is 12.1. The minimum atomic E-state index is -3.23. The summed E-state index contributed by atoms with van der Waals surface area (Å²) >= 11 is 0. The average molecular weight is 308 g/mol. The van der Waals surface area contributed by atoms with Crippen molar-refractivity contribution in [1.29, 1.82) is 0 Å². The molecule has 3 nitrogen and oxygen atoms in total. The molecule has 21 heavy (non-hydrogen) atoms. The van der Waals surface area contributed by atoms with Gasteiger partial charge in [0.05, 0.1) is 5.25 Å². The van der Waals surface area contributed by atoms with Crippen molar-refractivity contribution in [2.24, 2.45) is 5.41 Å². The van der Waals surface area contributed by atoms with E-state index in [4.69, 9.17) is 0 Å². The van der Waals surface area contributed by atoms with Crippen LogP contribution in [0.2, 0.25) is 0 Å². The van der Waals surface area contributed by atoms with Gasteiger partial charge in [0.25, 0.3) is 0 Å². The van der Waals surface area contributed by atoms with Crippen LogP contribution in [-0.2, 0) is 9.84 Å². The Kier molecular flexibility index (Phi) is 4.29. The molecule has 1 unspecified atom stereocenters. The van der Waals surface area contributed by atoms with Gasteiger partial charge in [0.15, 0.2) is 15.6 Å². The predicted molar refractivity (Wildman–Crippen MR) is 85.5 cm³/mol. The summed E-state index contributed by atoms with van der Waals surface area (Å²) in [5.74, 6) is -0.278. The van der Waals surface area contributed by atoms with Crippen molar-refractivity contribution in [2.45, 2.75) is 51.7 Å². The summed E-state index contributed by atoms with van der Waals surface area (Å²) in [5, 5.41) is -0.276. The third kappa shape index (κ3) is 3.94. The van der Waals surface area contributed by atoms with Crippen molar-refractivity contribution in [3.8, 4) is 0 Å². The molecule has 0 bridgehead atoms. The smallest absolute Gasteiger partial charge is 0.177 e. The van der Waals surface area contributed by atoms with Gasteiger partial charge >= 0.3 is 0 Å². The van der Waals surface area contributed by atoms with Crippen LogP contribution in [0.5, 0.6) is 0 Å². The number of hydrogen-bond acceptors (Lipinski definition) is 3. The number of Topliss-reactive ketones (excluding diaryl/α,β-unsaturated/α-hetero) is 1. The molecule has 0 radical (unpaired) electrons. The largest absolute Gasteiger partial charge is 0.293 e. The maximum atomic E-state index is 12.1. The van der Waals surface area contributed by atoms with Gasteiger partial charge in [-0.25, -0.2) is 8.42 Å². The lowest BCUT2D eigenvalue weighted by Gasteiger charge is -2.27. The molecule has 0 aliphatic heterocycles. The molecule has 0 heterocycles. The highest BCUT2D eigenvalue weighted by Crippen LogP contribution is 2.34. The summed E-state index contributed by atoms with van der Waals surface area (Å²) in [4.78, 5) is 12.1. The summed E-state index contributed by atoms with van der Waals surface area (Å²) in [7, 11) is -3.23. The van der Waals surface area contributed by atoms with E-state index >= 15 is 0 Å². The number of rotatable bonds is 5. The molecule has 116 valence electrons. The minimum Gasteiger partial charge on any atom is -0.293 e. The quantitative estimate of drug-likeness (QED) is 0.781. The van der Waals surface area contributed by atoms with Crippen molar-refractivity contribution in [3.63, 3.8) is 0 Å². The van der Waals surface area contributed by atoms with Gasteiger partial charge in [-0.2, -0.15) is 0 Å². The molecule has 0 saturated heterocycles. The zero-order chi connectivity index (χ0) is 15.8. The topological polar surface area (TPSA) is 51.2 Å². The van der Waals surface area contributed by atoms with Gasteiger partial charge in [0.2, 0.25) is 0 Å². The minimum absolute atomic E-state index is 0.154. The van der Waals surface area contributed by atoms with E-state index in [1.165, 1.54) is 5.56 Å². The molecule has 1 aliphatic carbocycles. The van der Waals surface area contributed by atoms with Crippen LogP contribution in [0.1, 0.15) is 62.4 Å². The number of benzene rings is 1. The molecule has 4 heteroatoms. The second kappa shape index (κ2) is 5.56. The second-order valence-electron chi connectivity index (χ2n) is 7.14. The first-order valence-electron chi connectivity index (χ1n) is 7.46. The van der Waals surface area contributed by atoms with Gasteiger partial charge in [-0.3, -0.25) is 4.79 Å². The third-order valence-electron chi connectivity index (χ3n) is 4.40. The Labute approximate surface area is 127 Å². The van der Waals surface area contributed by atoms with Crippen LogP contribution in [0.15, 0.2) is 24.3 Å². The zero-order valence-corrected chi connectivity index (χ0v) is 14.0. The van der Waals surface area contributed by atoms with Crippen LogP contribution < -0.4 is 0 Å². The fourth-order valence-electron chi connectivity index (χ4n) is 2.27. The predicted octanol–water partition coefficient (Wildman–Crippen LogP) is 3.60. The summed E-state index contributed by atoms with van der Waals surface area (Å²) < 4.78 is 23.7. The van der Waals surface area contributed by atoms with E-state index in [0.717, 1.165) is 0 Å². The van der Waals surface area contributed by atoms with Gasteiger partial charge in [-0.05, 0) is 29.7 Å². The molecule has 1 saturated carbocycles. The number of sulfone groups is 1. The van der Waals surface area contributed by atoms with Crippen molar-refractivity contribution in [1.82, 2.24) is 0 Å². The van der Waals surface area contributed by atoms with E-state index in [1.54, 1.807) is 12.1 Å². The maximum Gasteiger partial charge on any atom is 0.177 e. The van der Waals surface area contributed by atoms with E-state index in [2.05, 4.69) is 27.7 Å². The monoisotopic (exact) mass is 308 g/mol. The normalized spacial score (nSPS) is 17.5. The SMILES string of the molecule is CC(c1ccc(C(=O)CS(=O)(=O)C2CC2)cc1)C(C)(C)C. The zero-order valence-electron chi connectivity index (χ0n) is 13.2. The molecule has 1 aromatic rings. The fraction of sp³-hybridized carbons (Fsp3) is 0.588. The van der Waals surface area contributed by atoms with Crippen molar-refractivity contribution in [2.75, 3.05) is 5.75 Å². The Hall–Kier alpha value is -1.16. The Morgan fingerprint density at radius 3 is 2.14 bits per heavy atom. The summed E-state index contributed by atoms with van der Waals surface area (Å²) in [6.45, 7) is 8.70. The average Bonchev–Trinajstić information content (AvgIpc) is 3.21. The Morgan fingerprint density at radius 1 is 1.19 bits per heavy atom. The standard InChI is InChI=1S/C17H24O3S/c1-12(17(2,3)4)13-5-7-14(8-6-13)16(18)11-21(19,20)15-9-10-15/h5-8,12,15H,9-11H2,1-4H3. The van der Waals surface area contributed by atoms with Gasteiger partial charge < -0.3 is 0 Å². The van der Waals surface area contributed by atoms with Crippen LogP contribution in [0.3, 0.4) is 0 Å². The molecule has 1 atom stereocenters. The molecule has 1 aromatic carbocycles. The molecule has 0 amide bonds. The van der Waals surface area contributed by atoms with E-state index in [9.17, 15) is 13.2 Å². The summed E-state index contributed by atoms with van der Waals surface area (Å²) in [6, 6.07) is 7.38. The first-order valence-corrected chi connectivity index (χ1v) is 9.17. The van der Waals surface area contributed by atoms with Gasteiger partial charge in [0, 0.05) is 5.56 Å². The molecule has 1 aliphatic rings. The van der Waals surface area contributed by atoms with Crippen LogP contribution in [0, 0.1) is 5.41 Å². The van der Waals surface area contributed by atoms with Gasteiger partial charge in [-0.1, -0.05) is 52.0 Å². The van der Waals surface area contributed by atoms with E-state index in [-0.39, 0.29) is 22.2 Å². The van der Waals surface area contributed by atoms with Gasteiger partial charge in [0.1, 0.15) is 5.75 Å². The highest BCUT2D eigenvalue weighted by Gasteiger charge is 2.37. The lowest BCUT2D eigenvalue weighted by molar-refractivity contribution is 0.102. The van der Waals surface area contributed by atoms with Crippen LogP contribution in [0.25, 0.3) is 0 Å². The molecule has 0 aromatic heterocycles. The lowest BCUT2D eigenvalue weighted by Crippen LogP contribution is -2.20. The molecule has 0 N–H and O–H groups in total. The van der Waals surface area contributed by atoms with E-state index < -0.39 is 9.84 Å². The fourth-order valence-corrected chi connectivity index (χ4v) is 3.89. The molecule has 0 spiro atoms. The lowest BCUT2D eigenvalue weighted by atomic mass is 9.78. The molecule has 2 rings (SSSR count). The van der Waals surface area contributed by atoms with Crippen molar-refractivity contribution in [3.05, 3.63) is 35.4 Å². The molecular formula is C17H24O3S. The van der Waals surface area contributed by atoms with Gasteiger partial charge in [-0.15, -0.1) is 0 Å². The van der Waals surface area contributed by atoms with Crippen LogP contribution in [0.4, 0.5) is 0 Å². The van der Waals surface area contributed by atoms with Crippen LogP contribution in [-0.4, -0.2) is 25.2 Å². The Balaban J connectivity index is 2.10. The number of carbonyl (C=O) groups is 1. The summed E-state index contributed by atoms with van der Waals surface area (Å²) in [5.41, 5.74) is 1.81. The highest BCUT2D eigenvalue weighted by atomic mass is 32.2. The summed E-state index contributed by atoms with van der Waals surface area (Å²) in [6.07, 6.45) is 1.41. The van der Waals surface area contributed by atoms with Crippen molar-refractivity contribution >= 4 is 15.6 Å². The number of hydrogen-bond donors (Lipinski definition) is 0. The van der Waals surface area contributed by atoms with E-state index in [0.29, 0.717) is 24.3 Å². The second-order valence-corrected chi connectivity index (χ2v) is 9.42. The number of carbonyl (C=O) groups excluding carboxylic acids is 1. The first-order chi connectivity index (χ1) is 9.61. The Morgan fingerprint density at radius 2 is 1.71 bits per heavy atom. The third-order valence-corrected chi connectivity index (χ3v) is 6.55.